The number of hydrazine groups is 1. The van der Waals surface area contributed by atoms with Crippen molar-refractivity contribution in [1.29, 1.82) is 0 Å². The normalized spacial score (nSPS) is 12.9. The van der Waals surface area contributed by atoms with Crippen molar-refractivity contribution in [2.45, 2.75) is 25.8 Å². The number of halogens is 1. The van der Waals surface area contributed by atoms with Gasteiger partial charge in [0.25, 0.3) is 0 Å². The smallest absolute Gasteiger partial charge is 0.0656 e. The largest absolute Gasteiger partial charge is 0.271 e. The minimum atomic E-state index is 0.220. The predicted molar refractivity (Wildman–Crippen MR) is 84.5 cm³/mol. The molecular formula is C12H15IN2S2. The van der Waals surface area contributed by atoms with Gasteiger partial charge in [-0.3, -0.25) is 11.3 Å². The van der Waals surface area contributed by atoms with Crippen molar-refractivity contribution in [2.75, 3.05) is 0 Å². The van der Waals surface area contributed by atoms with Gasteiger partial charge in [-0.15, -0.1) is 22.7 Å². The zero-order chi connectivity index (χ0) is 12.3. The van der Waals surface area contributed by atoms with Crippen LogP contribution >= 0.6 is 45.3 Å². The molecule has 1 atom stereocenters. The van der Waals surface area contributed by atoms with Gasteiger partial charge in [-0.05, 0) is 58.2 Å². The lowest BCUT2D eigenvalue weighted by Crippen LogP contribution is -2.29. The van der Waals surface area contributed by atoms with E-state index in [-0.39, 0.29) is 6.04 Å². The summed E-state index contributed by atoms with van der Waals surface area (Å²) in [4.78, 5) is 2.83. The summed E-state index contributed by atoms with van der Waals surface area (Å²) in [5.41, 5.74) is 4.20. The Labute approximate surface area is 123 Å². The number of nitrogens with two attached hydrogens (primary N) is 1. The Balaban J connectivity index is 2.09. The average Bonchev–Trinajstić information content (AvgIpc) is 2.94. The second-order valence-corrected chi connectivity index (χ2v) is 7.89. The molecule has 2 nitrogen and oxygen atoms in total. The minimum Gasteiger partial charge on any atom is -0.271 e. The summed E-state index contributed by atoms with van der Waals surface area (Å²) in [7, 11) is 0. The van der Waals surface area contributed by atoms with E-state index >= 15 is 0 Å². The fraction of sp³-hybridized carbons (Fsp3) is 0.333. The fourth-order valence-corrected chi connectivity index (χ4v) is 4.13. The molecule has 1 unspecified atom stereocenters. The molecule has 0 aliphatic rings. The molecule has 2 heterocycles. The molecule has 0 fully saturated rings. The second kappa shape index (κ2) is 6.29. The van der Waals surface area contributed by atoms with Crippen LogP contribution in [0.15, 0.2) is 23.6 Å². The van der Waals surface area contributed by atoms with Gasteiger partial charge in [0.1, 0.15) is 0 Å². The maximum Gasteiger partial charge on any atom is 0.0656 e. The highest BCUT2D eigenvalue weighted by molar-refractivity contribution is 14.1. The topological polar surface area (TPSA) is 38.0 Å². The molecule has 0 spiro atoms. The van der Waals surface area contributed by atoms with Gasteiger partial charge in [-0.2, -0.15) is 0 Å². The van der Waals surface area contributed by atoms with Crippen LogP contribution in [0, 0.1) is 2.88 Å². The van der Waals surface area contributed by atoms with Crippen LogP contribution in [-0.4, -0.2) is 0 Å². The van der Waals surface area contributed by atoms with Crippen LogP contribution in [0.3, 0.4) is 0 Å². The number of hydrogen-bond acceptors (Lipinski definition) is 4. The van der Waals surface area contributed by atoms with Gasteiger partial charge in [0.05, 0.1) is 8.93 Å². The summed E-state index contributed by atoms with van der Waals surface area (Å²) >= 11 is 5.99. The van der Waals surface area contributed by atoms with Gasteiger partial charge in [0.15, 0.2) is 0 Å². The van der Waals surface area contributed by atoms with Gasteiger partial charge in [-0.25, -0.2) is 0 Å². The van der Waals surface area contributed by atoms with Crippen molar-refractivity contribution in [3.05, 3.63) is 41.8 Å². The number of rotatable bonds is 5. The Morgan fingerprint density at radius 2 is 2.18 bits per heavy atom. The highest BCUT2D eigenvalue weighted by Gasteiger charge is 2.13. The van der Waals surface area contributed by atoms with E-state index in [0.717, 1.165) is 12.8 Å². The van der Waals surface area contributed by atoms with Gasteiger partial charge < -0.3 is 0 Å². The standard InChI is InChI=1S/C12H15IN2S2/c1-2-9-3-4-10(17-9)6-11(15-14)8-5-12(13)16-7-8/h3-5,7,11,15H,2,6,14H2,1H3. The molecule has 0 aliphatic heterocycles. The third kappa shape index (κ3) is 3.51. The zero-order valence-electron chi connectivity index (χ0n) is 9.57. The highest BCUT2D eigenvalue weighted by atomic mass is 127. The Morgan fingerprint density at radius 3 is 2.71 bits per heavy atom. The summed E-state index contributed by atoms with van der Waals surface area (Å²) < 4.78 is 1.30. The van der Waals surface area contributed by atoms with E-state index in [4.69, 9.17) is 5.84 Å². The molecule has 0 saturated carbocycles. The molecule has 2 aromatic rings. The predicted octanol–water partition coefficient (Wildman–Crippen LogP) is 3.72. The van der Waals surface area contributed by atoms with Crippen LogP contribution in [0.2, 0.25) is 0 Å². The Morgan fingerprint density at radius 1 is 1.41 bits per heavy atom. The molecule has 3 N–H and O–H groups in total. The first-order valence-corrected chi connectivity index (χ1v) is 8.28. The Hall–Kier alpha value is 0.0500. The van der Waals surface area contributed by atoms with E-state index in [0.29, 0.717) is 0 Å². The van der Waals surface area contributed by atoms with Crippen molar-refractivity contribution in [3.8, 4) is 0 Å². The van der Waals surface area contributed by atoms with Crippen molar-refractivity contribution in [3.63, 3.8) is 0 Å². The Bertz CT molecular complexity index is 478. The van der Waals surface area contributed by atoms with Crippen LogP contribution in [0.5, 0.6) is 0 Å². The first kappa shape index (κ1) is 13.5. The summed E-state index contributed by atoms with van der Waals surface area (Å²) in [5, 5.41) is 2.18. The maximum atomic E-state index is 5.66. The number of thiophene rings is 2. The molecule has 17 heavy (non-hydrogen) atoms. The highest BCUT2D eigenvalue weighted by Crippen LogP contribution is 2.27. The first-order valence-electron chi connectivity index (χ1n) is 5.50. The molecule has 0 radical (unpaired) electrons. The number of nitrogens with one attached hydrogen (secondary N) is 1. The molecule has 92 valence electrons. The summed E-state index contributed by atoms with van der Waals surface area (Å²) in [5.74, 6) is 5.66. The molecule has 2 rings (SSSR count). The van der Waals surface area contributed by atoms with E-state index in [1.54, 1.807) is 11.3 Å². The Kier molecular flexibility index (Phi) is 4.98. The second-order valence-electron chi connectivity index (χ2n) is 3.83. The van der Waals surface area contributed by atoms with E-state index in [2.05, 4.69) is 58.5 Å². The van der Waals surface area contributed by atoms with Crippen molar-refractivity contribution < 1.29 is 0 Å². The monoisotopic (exact) mass is 378 g/mol. The molecule has 0 bridgehead atoms. The molecular weight excluding hydrogens is 363 g/mol. The lowest BCUT2D eigenvalue weighted by Gasteiger charge is -2.13. The minimum absolute atomic E-state index is 0.220. The lowest BCUT2D eigenvalue weighted by atomic mass is 10.1. The van der Waals surface area contributed by atoms with Crippen molar-refractivity contribution in [2.24, 2.45) is 5.84 Å². The fourth-order valence-electron chi connectivity index (χ4n) is 1.70. The molecule has 0 aliphatic carbocycles. The van der Waals surface area contributed by atoms with Crippen LogP contribution in [0.4, 0.5) is 0 Å². The summed E-state index contributed by atoms with van der Waals surface area (Å²) in [6.07, 6.45) is 2.08. The molecule has 0 amide bonds. The zero-order valence-corrected chi connectivity index (χ0v) is 13.4. The number of aryl methyl sites for hydroxylation is 1. The van der Waals surface area contributed by atoms with E-state index in [1.165, 1.54) is 18.2 Å². The summed E-state index contributed by atoms with van der Waals surface area (Å²) in [6.45, 7) is 2.19. The SMILES string of the molecule is CCc1ccc(CC(NN)c2csc(I)c2)s1. The van der Waals surface area contributed by atoms with E-state index in [9.17, 15) is 0 Å². The molecule has 0 saturated heterocycles. The van der Waals surface area contributed by atoms with Crippen LogP contribution in [0.25, 0.3) is 0 Å². The van der Waals surface area contributed by atoms with Crippen molar-refractivity contribution in [1.82, 2.24) is 5.43 Å². The summed E-state index contributed by atoms with van der Waals surface area (Å²) in [6, 6.07) is 6.85. The lowest BCUT2D eigenvalue weighted by molar-refractivity contribution is 0.557. The number of hydrogen-bond donors (Lipinski definition) is 2. The van der Waals surface area contributed by atoms with E-state index < -0.39 is 0 Å². The van der Waals surface area contributed by atoms with Crippen LogP contribution in [-0.2, 0) is 12.8 Å². The van der Waals surface area contributed by atoms with E-state index in [1.807, 2.05) is 11.3 Å². The average molecular weight is 378 g/mol. The first-order chi connectivity index (χ1) is 8.22. The molecule has 2 aromatic heterocycles. The maximum absolute atomic E-state index is 5.66. The van der Waals surface area contributed by atoms with Gasteiger partial charge in [0.2, 0.25) is 0 Å². The van der Waals surface area contributed by atoms with Gasteiger partial charge in [-0.1, -0.05) is 6.92 Å². The van der Waals surface area contributed by atoms with Crippen molar-refractivity contribution >= 4 is 45.3 Å². The third-order valence-electron chi connectivity index (χ3n) is 2.66. The van der Waals surface area contributed by atoms with Gasteiger partial charge in [0, 0.05) is 16.2 Å². The van der Waals surface area contributed by atoms with Gasteiger partial charge >= 0.3 is 0 Å². The van der Waals surface area contributed by atoms with Crippen LogP contribution in [0.1, 0.15) is 28.3 Å². The quantitative estimate of drug-likeness (QED) is 0.473. The van der Waals surface area contributed by atoms with Crippen LogP contribution < -0.4 is 11.3 Å². The molecule has 5 heteroatoms. The third-order valence-corrected chi connectivity index (χ3v) is 5.72. The molecule has 0 aromatic carbocycles.